The molecule has 4 heteroatoms. The molecule has 1 saturated heterocycles. The molecule has 1 aliphatic rings. The van der Waals surface area contributed by atoms with E-state index in [0.717, 1.165) is 5.52 Å². The molecule has 18 heavy (non-hydrogen) atoms. The molecule has 0 bridgehead atoms. The Morgan fingerprint density at radius 3 is 2.83 bits per heavy atom. The molecule has 0 amide bonds. The zero-order valence-electron chi connectivity index (χ0n) is 9.98. The van der Waals surface area contributed by atoms with Crippen molar-refractivity contribution in [1.29, 1.82) is 0 Å². The number of H-pyrrole nitrogens is 1. The number of hydrogen-bond acceptors (Lipinski definition) is 2. The smallest absolute Gasteiger partial charge is 0.303 e. The van der Waals surface area contributed by atoms with Crippen LogP contribution in [0.4, 0.5) is 0 Å². The number of rotatable bonds is 4. The van der Waals surface area contributed by atoms with Crippen LogP contribution in [0.15, 0.2) is 30.5 Å². The highest BCUT2D eigenvalue weighted by Gasteiger charge is 2.41. The lowest BCUT2D eigenvalue weighted by Crippen LogP contribution is -2.46. The molecule has 0 saturated carbocycles. The third-order valence-electron chi connectivity index (χ3n) is 3.73. The number of benzene rings is 1. The molecule has 1 fully saturated rings. The van der Waals surface area contributed by atoms with Gasteiger partial charge in [0.1, 0.15) is 0 Å². The topological polar surface area (TPSA) is 62.3 Å². The zero-order valence-corrected chi connectivity index (χ0v) is 9.98. The van der Waals surface area contributed by atoms with E-state index in [4.69, 9.17) is 9.84 Å². The first-order valence-electron chi connectivity index (χ1n) is 6.07. The van der Waals surface area contributed by atoms with Crippen molar-refractivity contribution in [2.24, 2.45) is 0 Å². The van der Waals surface area contributed by atoms with Gasteiger partial charge < -0.3 is 14.8 Å². The third-order valence-corrected chi connectivity index (χ3v) is 3.73. The molecular weight excluding hydrogens is 230 g/mol. The van der Waals surface area contributed by atoms with Gasteiger partial charge in [-0.2, -0.15) is 0 Å². The number of carbonyl (C=O) groups is 1. The summed E-state index contributed by atoms with van der Waals surface area (Å²) in [7, 11) is 0. The van der Waals surface area contributed by atoms with Crippen LogP contribution in [0.25, 0.3) is 10.9 Å². The summed E-state index contributed by atoms with van der Waals surface area (Å²) in [5, 5.41) is 10.0. The van der Waals surface area contributed by atoms with Crippen molar-refractivity contribution in [2.45, 2.75) is 18.3 Å². The van der Waals surface area contributed by atoms with Crippen molar-refractivity contribution in [3.63, 3.8) is 0 Å². The van der Waals surface area contributed by atoms with Crippen LogP contribution in [0.3, 0.4) is 0 Å². The van der Waals surface area contributed by atoms with E-state index in [2.05, 4.69) is 11.1 Å². The van der Waals surface area contributed by atoms with Crippen LogP contribution >= 0.6 is 0 Å². The Bertz CT molecular complexity index is 583. The quantitative estimate of drug-likeness (QED) is 0.868. The molecule has 0 atom stereocenters. The predicted octanol–water partition coefficient (Wildman–Crippen LogP) is 2.30. The average molecular weight is 245 g/mol. The van der Waals surface area contributed by atoms with Crippen molar-refractivity contribution in [3.05, 3.63) is 36.0 Å². The Labute approximate surface area is 105 Å². The van der Waals surface area contributed by atoms with Crippen LogP contribution in [0, 0.1) is 0 Å². The molecule has 3 rings (SSSR count). The predicted molar refractivity (Wildman–Crippen MR) is 67.7 cm³/mol. The second-order valence-corrected chi connectivity index (χ2v) is 4.91. The van der Waals surface area contributed by atoms with Crippen molar-refractivity contribution < 1.29 is 14.6 Å². The molecular formula is C14H15NO3. The highest BCUT2D eigenvalue weighted by atomic mass is 16.5. The minimum absolute atomic E-state index is 0.127. The summed E-state index contributed by atoms with van der Waals surface area (Å²) < 4.78 is 5.34. The van der Waals surface area contributed by atoms with Crippen LogP contribution in [0.1, 0.15) is 18.4 Å². The first kappa shape index (κ1) is 11.3. The summed E-state index contributed by atoms with van der Waals surface area (Å²) in [5.74, 6) is -0.749. The largest absolute Gasteiger partial charge is 0.481 e. The second-order valence-electron chi connectivity index (χ2n) is 4.91. The monoisotopic (exact) mass is 245 g/mol. The van der Waals surface area contributed by atoms with Gasteiger partial charge in [-0.3, -0.25) is 4.79 Å². The Balaban J connectivity index is 1.98. The van der Waals surface area contributed by atoms with Gasteiger partial charge in [0.25, 0.3) is 0 Å². The first-order valence-corrected chi connectivity index (χ1v) is 6.07. The van der Waals surface area contributed by atoms with Gasteiger partial charge in [0, 0.05) is 28.9 Å². The van der Waals surface area contributed by atoms with Crippen LogP contribution in [-0.4, -0.2) is 29.3 Å². The number of ether oxygens (including phenoxy) is 1. The number of fused-ring (bicyclic) bond motifs is 1. The van der Waals surface area contributed by atoms with Crippen LogP contribution < -0.4 is 0 Å². The van der Waals surface area contributed by atoms with E-state index < -0.39 is 5.97 Å². The maximum atomic E-state index is 10.8. The molecule has 0 spiro atoms. The number of hydrogen-bond donors (Lipinski definition) is 2. The fourth-order valence-electron chi connectivity index (χ4n) is 2.64. The number of aliphatic carboxylic acids is 1. The molecule has 1 aromatic heterocycles. The Kier molecular flexibility index (Phi) is 2.59. The summed E-state index contributed by atoms with van der Waals surface area (Å²) in [6.07, 6.45) is 2.81. The second kappa shape index (κ2) is 4.14. The fourth-order valence-corrected chi connectivity index (χ4v) is 2.64. The Morgan fingerprint density at radius 2 is 2.17 bits per heavy atom. The van der Waals surface area contributed by atoms with Crippen molar-refractivity contribution in [3.8, 4) is 0 Å². The van der Waals surface area contributed by atoms with Gasteiger partial charge in [-0.15, -0.1) is 0 Å². The number of nitrogens with one attached hydrogen (secondary N) is 1. The molecule has 2 N–H and O–H groups in total. The van der Waals surface area contributed by atoms with E-state index >= 15 is 0 Å². The van der Waals surface area contributed by atoms with Crippen LogP contribution in [0.5, 0.6) is 0 Å². The molecule has 1 aromatic carbocycles. The summed E-state index contributed by atoms with van der Waals surface area (Å²) in [4.78, 5) is 14.0. The minimum atomic E-state index is -0.749. The average Bonchev–Trinajstić information content (AvgIpc) is 2.72. The first-order chi connectivity index (χ1) is 8.71. The fraction of sp³-hybridized carbons (Fsp3) is 0.357. The van der Waals surface area contributed by atoms with Gasteiger partial charge >= 0.3 is 5.97 Å². The summed E-state index contributed by atoms with van der Waals surface area (Å²) in [6, 6.07) is 8.10. The van der Waals surface area contributed by atoms with E-state index in [1.165, 1.54) is 10.9 Å². The van der Waals surface area contributed by atoms with Gasteiger partial charge in [0.2, 0.25) is 0 Å². The highest BCUT2D eigenvalue weighted by molar-refractivity contribution is 5.84. The normalized spacial score (nSPS) is 17.6. The Hall–Kier alpha value is -1.81. The maximum Gasteiger partial charge on any atom is 0.303 e. The molecule has 2 aromatic rings. The van der Waals surface area contributed by atoms with Crippen LogP contribution in [0.2, 0.25) is 0 Å². The lowest BCUT2D eigenvalue weighted by Gasteiger charge is -2.41. The van der Waals surface area contributed by atoms with Crippen molar-refractivity contribution in [1.82, 2.24) is 4.98 Å². The van der Waals surface area contributed by atoms with Gasteiger partial charge in [-0.25, -0.2) is 0 Å². The highest BCUT2D eigenvalue weighted by Crippen LogP contribution is 2.40. The number of carboxylic acids is 1. The van der Waals surface area contributed by atoms with Crippen LogP contribution in [-0.2, 0) is 14.9 Å². The molecule has 1 aliphatic heterocycles. The summed E-state index contributed by atoms with van der Waals surface area (Å²) in [6.45, 7) is 1.23. The zero-order chi connectivity index (χ0) is 12.6. The van der Waals surface area contributed by atoms with Crippen molar-refractivity contribution >= 4 is 16.9 Å². The molecule has 0 aliphatic carbocycles. The molecule has 0 radical (unpaired) electrons. The third kappa shape index (κ3) is 1.69. The van der Waals surface area contributed by atoms with E-state index in [0.29, 0.717) is 19.6 Å². The number of para-hydroxylation sites is 1. The van der Waals surface area contributed by atoms with Gasteiger partial charge in [-0.05, 0) is 18.1 Å². The molecule has 94 valence electrons. The number of aromatic nitrogens is 1. The Morgan fingerprint density at radius 1 is 1.39 bits per heavy atom. The standard InChI is InChI=1S/C14H15NO3/c16-13(17)5-6-14(8-18-9-14)11-7-15-12-4-2-1-3-10(11)12/h1-4,7,15H,5-6,8-9H2,(H,16,17). The van der Waals surface area contributed by atoms with E-state index in [1.54, 1.807) is 0 Å². The SMILES string of the molecule is O=C(O)CCC1(c2c[nH]c3ccccc23)COC1. The molecule has 0 unspecified atom stereocenters. The van der Waals surface area contributed by atoms with Gasteiger partial charge in [-0.1, -0.05) is 18.2 Å². The number of carboxylic acid groups (broad SMARTS) is 1. The van der Waals surface area contributed by atoms with E-state index in [1.807, 2.05) is 24.4 Å². The molecule has 2 heterocycles. The minimum Gasteiger partial charge on any atom is -0.481 e. The summed E-state index contributed by atoms with van der Waals surface area (Å²) >= 11 is 0. The van der Waals surface area contributed by atoms with E-state index in [9.17, 15) is 4.79 Å². The lowest BCUT2D eigenvalue weighted by molar-refractivity contribution is -0.139. The van der Waals surface area contributed by atoms with E-state index in [-0.39, 0.29) is 11.8 Å². The lowest BCUT2D eigenvalue weighted by atomic mass is 9.75. The summed E-state index contributed by atoms with van der Waals surface area (Å²) in [5.41, 5.74) is 2.15. The number of aromatic amines is 1. The molecule has 4 nitrogen and oxygen atoms in total. The van der Waals surface area contributed by atoms with Gasteiger partial charge in [0.15, 0.2) is 0 Å². The van der Waals surface area contributed by atoms with Crippen molar-refractivity contribution in [2.75, 3.05) is 13.2 Å². The van der Waals surface area contributed by atoms with Gasteiger partial charge in [0.05, 0.1) is 13.2 Å². The maximum absolute atomic E-state index is 10.8.